The number of aromatic amines is 1. The van der Waals surface area contributed by atoms with Crippen LogP contribution in [0.2, 0.25) is 0 Å². The highest BCUT2D eigenvalue weighted by molar-refractivity contribution is 5.99. The van der Waals surface area contributed by atoms with Gasteiger partial charge in [0.05, 0.1) is 6.61 Å². The highest BCUT2D eigenvalue weighted by Crippen LogP contribution is 2.15. The van der Waals surface area contributed by atoms with E-state index in [-0.39, 0.29) is 47.9 Å². The SMILES string of the molecule is CCCCOc1c(C(=O)CC)[nH]cc(C(=O)NCc2ccc(F)cc2F)c1=O. The van der Waals surface area contributed by atoms with Crippen molar-refractivity contribution in [1.29, 1.82) is 0 Å². The lowest BCUT2D eigenvalue weighted by atomic mass is 10.1. The number of hydrogen-bond acceptors (Lipinski definition) is 4. The molecule has 0 saturated carbocycles. The number of rotatable bonds is 9. The molecule has 2 rings (SSSR count). The van der Waals surface area contributed by atoms with Crippen LogP contribution in [0.4, 0.5) is 8.78 Å². The van der Waals surface area contributed by atoms with Crippen LogP contribution >= 0.6 is 0 Å². The number of ether oxygens (including phenoxy) is 1. The minimum absolute atomic E-state index is 0.0183. The zero-order chi connectivity index (χ0) is 20.7. The zero-order valence-corrected chi connectivity index (χ0v) is 15.7. The summed E-state index contributed by atoms with van der Waals surface area (Å²) < 4.78 is 32.1. The molecule has 8 heteroatoms. The molecule has 6 nitrogen and oxygen atoms in total. The molecule has 2 N–H and O–H groups in total. The van der Waals surface area contributed by atoms with Crippen LogP contribution in [0, 0.1) is 11.6 Å². The molecular formula is C20H22F2N2O4. The van der Waals surface area contributed by atoms with Crippen molar-refractivity contribution < 1.29 is 23.1 Å². The Hall–Kier alpha value is -3.03. The molecule has 1 amide bonds. The van der Waals surface area contributed by atoms with Gasteiger partial charge >= 0.3 is 0 Å². The number of nitrogens with one attached hydrogen (secondary N) is 2. The summed E-state index contributed by atoms with van der Waals surface area (Å²) in [6.07, 6.45) is 2.81. The number of unbranched alkanes of at least 4 members (excludes halogenated alkanes) is 1. The van der Waals surface area contributed by atoms with E-state index in [4.69, 9.17) is 4.74 Å². The van der Waals surface area contributed by atoms with Gasteiger partial charge in [-0.15, -0.1) is 0 Å². The van der Waals surface area contributed by atoms with Crippen molar-refractivity contribution in [3.05, 3.63) is 63.1 Å². The van der Waals surface area contributed by atoms with Crippen LogP contribution in [0.5, 0.6) is 5.75 Å². The van der Waals surface area contributed by atoms with Crippen LogP contribution in [0.1, 0.15) is 59.5 Å². The number of pyridine rings is 1. The molecule has 1 heterocycles. The van der Waals surface area contributed by atoms with E-state index in [0.717, 1.165) is 18.7 Å². The quantitative estimate of drug-likeness (QED) is 0.506. The average Bonchev–Trinajstić information content (AvgIpc) is 2.67. The standard InChI is InChI=1S/C20H22F2N2O4/c1-3-5-8-28-19-17(16(25)4-2)23-11-14(18(19)26)20(27)24-10-12-6-7-13(21)9-15(12)22/h6-7,9,11H,3-5,8,10H2,1-2H3,(H,23,26)(H,24,27). The van der Waals surface area contributed by atoms with Crippen LogP contribution in [-0.2, 0) is 6.54 Å². The van der Waals surface area contributed by atoms with Gasteiger partial charge in [-0.25, -0.2) is 8.78 Å². The van der Waals surface area contributed by atoms with Crippen molar-refractivity contribution in [2.45, 2.75) is 39.7 Å². The summed E-state index contributed by atoms with van der Waals surface area (Å²) in [6.45, 7) is 3.60. The van der Waals surface area contributed by atoms with Crippen molar-refractivity contribution in [2.24, 2.45) is 0 Å². The first-order valence-corrected chi connectivity index (χ1v) is 9.02. The van der Waals surface area contributed by atoms with Gasteiger partial charge in [-0.2, -0.15) is 0 Å². The Kier molecular flexibility index (Phi) is 7.43. The second kappa shape index (κ2) is 9.77. The van der Waals surface area contributed by atoms with Crippen LogP contribution < -0.4 is 15.5 Å². The number of hydrogen-bond donors (Lipinski definition) is 2. The van der Waals surface area contributed by atoms with Gasteiger partial charge in [-0.1, -0.05) is 26.3 Å². The second-order valence-corrected chi connectivity index (χ2v) is 6.13. The lowest BCUT2D eigenvalue weighted by Gasteiger charge is -2.12. The Balaban J connectivity index is 2.26. The number of benzene rings is 1. The molecule has 0 aliphatic heterocycles. The highest BCUT2D eigenvalue weighted by atomic mass is 19.1. The molecule has 0 aliphatic rings. The van der Waals surface area contributed by atoms with Gasteiger partial charge in [0, 0.05) is 30.8 Å². The third-order valence-electron chi connectivity index (χ3n) is 4.08. The van der Waals surface area contributed by atoms with Gasteiger partial charge in [0.15, 0.2) is 11.5 Å². The van der Waals surface area contributed by atoms with E-state index < -0.39 is 23.0 Å². The summed E-state index contributed by atoms with van der Waals surface area (Å²) in [5.74, 6) is -2.80. The molecule has 0 aliphatic carbocycles. The molecule has 0 saturated heterocycles. The Morgan fingerprint density at radius 3 is 2.61 bits per heavy atom. The minimum Gasteiger partial charge on any atom is -0.487 e. The molecule has 1 aromatic carbocycles. The number of amides is 1. The van der Waals surface area contributed by atoms with E-state index in [9.17, 15) is 23.2 Å². The first kappa shape index (κ1) is 21.3. The minimum atomic E-state index is -0.804. The monoisotopic (exact) mass is 392 g/mol. The number of H-pyrrole nitrogens is 1. The lowest BCUT2D eigenvalue weighted by Crippen LogP contribution is -2.30. The van der Waals surface area contributed by atoms with Gasteiger partial charge in [0.2, 0.25) is 5.43 Å². The molecule has 0 bridgehead atoms. The molecular weight excluding hydrogens is 370 g/mol. The summed E-state index contributed by atoms with van der Waals surface area (Å²) in [7, 11) is 0. The highest BCUT2D eigenvalue weighted by Gasteiger charge is 2.21. The Morgan fingerprint density at radius 1 is 1.21 bits per heavy atom. The maximum absolute atomic E-state index is 13.7. The molecule has 0 fully saturated rings. The molecule has 28 heavy (non-hydrogen) atoms. The summed E-state index contributed by atoms with van der Waals surface area (Å²) in [6, 6.07) is 2.98. The normalized spacial score (nSPS) is 10.6. The number of carbonyl (C=O) groups excluding carboxylic acids is 2. The molecule has 150 valence electrons. The van der Waals surface area contributed by atoms with Crippen LogP contribution in [0.25, 0.3) is 0 Å². The van der Waals surface area contributed by atoms with Gasteiger partial charge < -0.3 is 15.0 Å². The average molecular weight is 392 g/mol. The van der Waals surface area contributed by atoms with Crippen molar-refractivity contribution in [2.75, 3.05) is 6.61 Å². The van der Waals surface area contributed by atoms with Gasteiger partial charge in [0.25, 0.3) is 5.91 Å². The maximum atomic E-state index is 13.7. The van der Waals surface area contributed by atoms with E-state index in [1.165, 1.54) is 6.07 Å². The molecule has 0 atom stereocenters. The summed E-state index contributed by atoms with van der Waals surface area (Å²) in [5, 5.41) is 2.41. The number of aromatic nitrogens is 1. The van der Waals surface area contributed by atoms with Gasteiger partial charge in [-0.05, 0) is 12.5 Å². The van der Waals surface area contributed by atoms with Gasteiger partial charge in [0.1, 0.15) is 22.9 Å². The summed E-state index contributed by atoms with van der Waals surface area (Å²) >= 11 is 0. The molecule has 0 spiro atoms. The Morgan fingerprint density at radius 2 is 1.96 bits per heavy atom. The van der Waals surface area contributed by atoms with Crippen molar-refractivity contribution in [3.8, 4) is 5.75 Å². The Bertz CT molecular complexity index is 925. The van der Waals surface area contributed by atoms with E-state index >= 15 is 0 Å². The predicted molar refractivity (Wildman–Crippen MR) is 99.6 cm³/mol. The fraction of sp³-hybridized carbons (Fsp3) is 0.350. The van der Waals surface area contributed by atoms with Gasteiger partial charge in [-0.3, -0.25) is 14.4 Å². The smallest absolute Gasteiger partial charge is 0.257 e. The molecule has 2 aromatic rings. The third-order valence-corrected chi connectivity index (χ3v) is 4.08. The summed E-state index contributed by atoms with van der Waals surface area (Å²) in [4.78, 5) is 39.8. The predicted octanol–water partition coefficient (Wildman–Crippen LogP) is 3.35. The molecule has 0 unspecified atom stereocenters. The first-order chi connectivity index (χ1) is 13.4. The lowest BCUT2D eigenvalue weighted by molar-refractivity contribution is 0.0942. The second-order valence-electron chi connectivity index (χ2n) is 6.13. The first-order valence-electron chi connectivity index (χ1n) is 9.02. The number of halogens is 2. The van der Waals surface area contributed by atoms with Crippen molar-refractivity contribution >= 4 is 11.7 Å². The van der Waals surface area contributed by atoms with E-state index in [1.807, 2.05) is 6.92 Å². The molecule has 0 radical (unpaired) electrons. The molecule has 1 aromatic heterocycles. The number of Topliss-reactive ketones (excluding diaryl/α,β-unsaturated/α-hetero) is 1. The number of carbonyl (C=O) groups is 2. The fourth-order valence-corrected chi connectivity index (χ4v) is 2.46. The van der Waals surface area contributed by atoms with E-state index in [1.54, 1.807) is 6.92 Å². The van der Waals surface area contributed by atoms with E-state index in [0.29, 0.717) is 12.5 Å². The van der Waals surface area contributed by atoms with Crippen LogP contribution in [0.3, 0.4) is 0 Å². The van der Waals surface area contributed by atoms with Crippen molar-refractivity contribution in [1.82, 2.24) is 10.3 Å². The van der Waals surface area contributed by atoms with Crippen LogP contribution in [-0.4, -0.2) is 23.3 Å². The topological polar surface area (TPSA) is 88.3 Å². The van der Waals surface area contributed by atoms with E-state index in [2.05, 4.69) is 10.3 Å². The maximum Gasteiger partial charge on any atom is 0.257 e. The van der Waals surface area contributed by atoms with Crippen LogP contribution in [0.15, 0.2) is 29.2 Å². The number of ketones is 1. The zero-order valence-electron chi connectivity index (χ0n) is 15.7. The largest absolute Gasteiger partial charge is 0.487 e. The van der Waals surface area contributed by atoms with Crippen molar-refractivity contribution in [3.63, 3.8) is 0 Å². The third kappa shape index (κ3) is 5.03. The fourth-order valence-electron chi connectivity index (χ4n) is 2.46. The summed E-state index contributed by atoms with van der Waals surface area (Å²) in [5.41, 5.74) is -0.890. The Labute approximate surface area is 160 Å².